The molecule has 1 atom stereocenters. The highest BCUT2D eigenvalue weighted by atomic mass is 16.5. The smallest absolute Gasteiger partial charge is 0.315 e. The van der Waals surface area contributed by atoms with Crippen LogP contribution in [-0.2, 0) is 4.74 Å². The first kappa shape index (κ1) is 16.6. The van der Waals surface area contributed by atoms with E-state index >= 15 is 0 Å². The van der Waals surface area contributed by atoms with Crippen molar-refractivity contribution in [1.82, 2.24) is 10.6 Å². The number of urea groups is 1. The molecule has 1 aromatic carbocycles. The average Bonchev–Trinajstić information content (AvgIpc) is 3.03. The molecular formula is C17H26N2O3. The molecule has 0 spiro atoms. The molecule has 1 heterocycles. The van der Waals surface area contributed by atoms with Gasteiger partial charge in [0, 0.05) is 13.2 Å². The molecule has 2 amide bonds. The fourth-order valence-corrected chi connectivity index (χ4v) is 2.36. The third kappa shape index (κ3) is 5.56. The minimum Gasteiger partial charge on any atom is -0.492 e. The number of carbonyl (C=O) groups excluding carboxylic acids is 1. The molecule has 22 heavy (non-hydrogen) atoms. The lowest BCUT2D eigenvalue weighted by atomic mass is 10.0. The van der Waals surface area contributed by atoms with E-state index in [4.69, 9.17) is 9.47 Å². The summed E-state index contributed by atoms with van der Waals surface area (Å²) in [6.07, 6.45) is 2.27. The second-order valence-electron chi connectivity index (χ2n) is 5.84. The van der Waals surface area contributed by atoms with Gasteiger partial charge in [-0.05, 0) is 36.5 Å². The number of hydrogen-bond acceptors (Lipinski definition) is 3. The van der Waals surface area contributed by atoms with E-state index in [1.54, 1.807) is 0 Å². The molecule has 2 N–H and O–H groups in total. The molecule has 0 radical (unpaired) electrons. The number of carbonyl (C=O) groups is 1. The van der Waals surface area contributed by atoms with E-state index < -0.39 is 0 Å². The van der Waals surface area contributed by atoms with Crippen molar-refractivity contribution in [3.05, 3.63) is 29.8 Å². The number of benzene rings is 1. The number of ether oxygens (including phenoxy) is 2. The highest BCUT2D eigenvalue weighted by Gasteiger charge is 2.15. The molecule has 5 heteroatoms. The van der Waals surface area contributed by atoms with Gasteiger partial charge in [0.05, 0.1) is 12.6 Å². The summed E-state index contributed by atoms with van der Waals surface area (Å²) in [5, 5.41) is 5.59. The lowest BCUT2D eigenvalue weighted by molar-refractivity contribution is 0.111. The van der Waals surface area contributed by atoms with Crippen LogP contribution in [0.2, 0.25) is 0 Å². The van der Waals surface area contributed by atoms with E-state index in [0.29, 0.717) is 25.6 Å². The van der Waals surface area contributed by atoms with Crippen LogP contribution in [0.15, 0.2) is 24.3 Å². The second-order valence-corrected chi connectivity index (χ2v) is 5.84. The van der Waals surface area contributed by atoms with Crippen LogP contribution in [0.25, 0.3) is 0 Å². The number of rotatable bonds is 7. The van der Waals surface area contributed by atoms with E-state index in [1.165, 1.54) is 5.56 Å². The molecule has 5 nitrogen and oxygen atoms in total. The van der Waals surface area contributed by atoms with Gasteiger partial charge in [0.25, 0.3) is 0 Å². The summed E-state index contributed by atoms with van der Waals surface area (Å²) >= 11 is 0. The molecule has 1 saturated heterocycles. The first-order valence-corrected chi connectivity index (χ1v) is 8.01. The number of hydrogen-bond donors (Lipinski definition) is 2. The maximum absolute atomic E-state index is 11.6. The summed E-state index contributed by atoms with van der Waals surface area (Å²) in [5.41, 5.74) is 1.29. The third-order valence-corrected chi connectivity index (χ3v) is 3.72. The van der Waals surface area contributed by atoms with Gasteiger partial charge in [-0.25, -0.2) is 4.79 Å². The Morgan fingerprint density at radius 3 is 2.73 bits per heavy atom. The molecule has 1 aliphatic heterocycles. The van der Waals surface area contributed by atoms with Gasteiger partial charge in [0.15, 0.2) is 0 Å². The Hall–Kier alpha value is -1.75. The molecule has 1 unspecified atom stereocenters. The van der Waals surface area contributed by atoms with Crippen LogP contribution < -0.4 is 15.4 Å². The Bertz CT molecular complexity index is 453. The maximum Gasteiger partial charge on any atom is 0.315 e. The summed E-state index contributed by atoms with van der Waals surface area (Å²) in [4.78, 5) is 11.6. The molecule has 2 rings (SSSR count). The van der Waals surface area contributed by atoms with E-state index in [1.807, 2.05) is 12.1 Å². The molecular weight excluding hydrogens is 280 g/mol. The van der Waals surface area contributed by atoms with Gasteiger partial charge in [0.1, 0.15) is 12.4 Å². The Morgan fingerprint density at radius 2 is 2.09 bits per heavy atom. The van der Waals surface area contributed by atoms with Gasteiger partial charge in [-0.15, -0.1) is 0 Å². The first-order chi connectivity index (χ1) is 10.6. The molecule has 0 saturated carbocycles. The van der Waals surface area contributed by atoms with Gasteiger partial charge in [0.2, 0.25) is 0 Å². The highest BCUT2D eigenvalue weighted by Crippen LogP contribution is 2.18. The fraction of sp³-hybridized carbons (Fsp3) is 0.588. The predicted octanol–water partition coefficient (Wildman–Crippen LogP) is 2.67. The normalized spacial score (nSPS) is 17.5. The largest absolute Gasteiger partial charge is 0.492 e. The zero-order chi connectivity index (χ0) is 15.8. The van der Waals surface area contributed by atoms with Crippen molar-refractivity contribution >= 4 is 6.03 Å². The van der Waals surface area contributed by atoms with Gasteiger partial charge in [-0.2, -0.15) is 0 Å². The van der Waals surface area contributed by atoms with Crippen molar-refractivity contribution in [3.63, 3.8) is 0 Å². The molecule has 122 valence electrons. The second kappa shape index (κ2) is 8.63. The van der Waals surface area contributed by atoms with Gasteiger partial charge >= 0.3 is 6.03 Å². The Labute approximate surface area is 132 Å². The zero-order valence-corrected chi connectivity index (χ0v) is 13.4. The maximum atomic E-state index is 11.6. The lowest BCUT2D eigenvalue weighted by Crippen LogP contribution is -2.41. The Kier molecular flexibility index (Phi) is 6.52. The van der Waals surface area contributed by atoms with Crippen molar-refractivity contribution < 1.29 is 14.3 Å². The van der Waals surface area contributed by atoms with Crippen molar-refractivity contribution in [2.45, 2.75) is 38.7 Å². The topological polar surface area (TPSA) is 59.6 Å². The van der Waals surface area contributed by atoms with Crippen LogP contribution in [0.5, 0.6) is 5.75 Å². The monoisotopic (exact) mass is 306 g/mol. The van der Waals surface area contributed by atoms with Gasteiger partial charge < -0.3 is 20.1 Å². The molecule has 1 aliphatic rings. The lowest BCUT2D eigenvalue weighted by Gasteiger charge is -2.12. The summed E-state index contributed by atoms with van der Waals surface area (Å²) in [5.74, 6) is 1.34. The zero-order valence-electron chi connectivity index (χ0n) is 13.4. The van der Waals surface area contributed by atoms with Crippen LogP contribution >= 0.6 is 0 Å². The average molecular weight is 306 g/mol. The van der Waals surface area contributed by atoms with Crippen molar-refractivity contribution in [3.8, 4) is 5.75 Å². The summed E-state index contributed by atoms with van der Waals surface area (Å²) in [6, 6.07) is 7.90. The first-order valence-electron chi connectivity index (χ1n) is 8.01. The van der Waals surface area contributed by atoms with E-state index in [2.05, 4.69) is 36.6 Å². The van der Waals surface area contributed by atoms with Crippen LogP contribution in [0.1, 0.15) is 38.2 Å². The van der Waals surface area contributed by atoms with Crippen LogP contribution in [-0.4, -0.2) is 38.4 Å². The van der Waals surface area contributed by atoms with Crippen LogP contribution in [0.3, 0.4) is 0 Å². The molecule has 0 aliphatic carbocycles. The standard InChI is InChI=1S/C17H26N2O3/c1-13(2)14-5-7-15(8-6-14)22-11-9-18-17(20)19-12-16-4-3-10-21-16/h5-8,13,16H,3-4,9-12H2,1-2H3,(H2,18,19,20). The van der Waals surface area contributed by atoms with Crippen molar-refractivity contribution in [2.24, 2.45) is 0 Å². The quantitative estimate of drug-likeness (QED) is 0.761. The SMILES string of the molecule is CC(C)c1ccc(OCCNC(=O)NCC2CCCO2)cc1. The highest BCUT2D eigenvalue weighted by molar-refractivity contribution is 5.73. The van der Waals surface area contributed by atoms with Crippen molar-refractivity contribution in [1.29, 1.82) is 0 Å². The van der Waals surface area contributed by atoms with E-state index in [-0.39, 0.29) is 12.1 Å². The van der Waals surface area contributed by atoms with E-state index in [0.717, 1.165) is 25.2 Å². The van der Waals surface area contributed by atoms with E-state index in [9.17, 15) is 4.79 Å². The Balaban J connectivity index is 1.57. The van der Waals surface area contributed by atoms with Crippen LogP contribution in [0, 0.1) is 0 Å². The minimum atomic E-state index is -0.172. The molecule has 1 fully saturated rings. The summed E-state index contributed by atoms with van der Waals surface area (Å²) in [7, 11) is 0. The van der Waals surface area contributed by atoms with Gasteiger partial charge in [-0.3, -0.25) is 0 Å². The number of nitrogens with one attached hydrogen (secondary N) is 2. The third-order valence-electron chi connectivity index (χ3n) is 3.72. The molecule has 0 bridgehead atoms. The fourth-order valence-electron chi connectivity index (χ4n) is 2.36. The summed E-state index contributed by atoms with van der Waals surface area (Å²) in [6.45, 7) is 6.63. The molecule has 0 aromatic heterocycles. The Morgan fingerprint density at radius 1 is 1.32 bits per heavy atom. The van der Waals surface area contributed by atoms with Crippen LogP contribution in [0.4, 0.5) is 4.79 Å². The van der Waals surface area contributed by atoms with Gasteiger partial charge in [-0.1, -0.05) is 26.0 Å². The summed E-state index contributed by atoms with van der Waals surface area (Å²) < 4.78 is 11.0. The predicted molar refractivity (Wildman–Crippen MR) is 86.4 cm³/mol. The minimum absolute atomic E-state index is 0.168. The number of amides is 2. The van der Waals surface area contributed by atoms with Crippen molar-refractivity contribution in [2.75, 3.05) is 26.3 Å². The molecule has 1 aromatic rings.